The van der Waals surface area contributed by atoms with Gasteiger partial charge >= 0.3 is 0 Å². The average molecular weight is 243 g/mol. The van der Waals surface area contributed by atoms with Gasteiger partial charge in [-0.15, -0.1) is 0 Å². The van der Waals surface area contributed by atoms with Gasteiger partial charge in [-0.1, -0.05) is 13.8 Å². The molecule has 3 N–H and O–H groups in total. The third-order valence-electron chi connectivity index (χ3n) is 3.05. The van der Waals surface area contributed by atoms with E-state index < -0.39 is 6.04 Å². The van der Waals surface area contributed by atoms with E-state index in [1.807, 2.05) is 20.8 Å². The van der Waals surface area contributed by atoms with Crippen LogP contribution in [0.2, 0.25) is 0 Å². The van der Waals surface area contributed by atoms with Crippen molar-refractivity contribution in [2.45, 2.75) is 32.9 Å². The summed E-state index contributed by atoms with van der Waals surface area (Å²) < 4.78 is 5.28. The summed E-state index contributed by atoms with van der Waals surface area (Å²) in [6, 6.07) is -0.285. The zero-order valence-electron chi connectivity index (χ0n) is 11.1. The summed E-state index contributed by atoms with van der Waals surface area (Å²) in [4.78, 5) is 14.1. The van der Waals surface area contributed by atoms with E-state index in [0.29, 0.717) is 0 Å². The Balaban J connectivity index is 2.28. The van der Waals surface area contributed by atoms with Gasteiger partial charge < -0.3 is 15.8 Å². The quantitative estimate of drug-likeness (QED) is 0.702. The van der Waals surface area contributed by atoms with E-state index in [0.717, 1.165) is 32.8 Å². The number of amides is 1. The Morgan fingerprint density at radius 2 is 1.94 bits per heavy atom. The Morgan fingerprint density at radius 3 is 2.47 bits per heavy atom. The van der Waals surface area contributed by atoms with E-state index in [4.69, 9.17) is 10.5 Å². The summed E-state index contributed by atoms with van der Waals surface area (Å²) >= 11 is 0. The van der Waals surface area contributed by atoms with Gasteiger partial charge in [0.05, 0.1) is 19.3 Å². The monoisotopic (exact) mass is 243 g/mol. The van der Waals surface area contributed by atoms with Crippen LogP contribution < -0.4 is 11.1 Å². The number of hydrogen-bond donors (Lipinski definition) is 2. The number of rotatable bonds is 5. The Bertz CT molecular complexity index is 240. The van der Waals surface area contributed by atoms with Crippen molar-refractivity contribution >= 4 is 5.91 Å². The smallest absolute Gasteiger partial charge is 0.237 e. The van der Waals surface area contributed by atoms with Crippen LogP contribution in [0.4, 0.5) is 0 Å². The molecule has 0 aromatic rings. The second kappa shape index (κ2) is 6.93. The highest BCUT2D eigenvalue weighted by Gasteiger charge is 2.20. The van der Waals surface area contributed by atoms with Gasteiger partial charge in [0.2, 0.25) is 5.91 Å². The lowest BCUT2D eigenvalue weighted by Crippen LogP contribution is -2.51. The molecule has 5 nitrogen and oxygen atoms in total. The molecule has 1 amide bonds. The molecule has 1 heterocycles. The van der Waals surface area contributed by atoms with Crippen molar-refractivity contribution in [2.24, 2.45) is 11.7 Å². The molecule has 0 bridgehead atoms. The maximum Gasteiger partial charge on any atom is 0.237 e. The van der Waals surface area contributed by atoms with E-state index in [9.17, 15) is 4.79 Å². The van der Waals surface area contributed by atoms with Gasteiger partial charge in [-0.25, -0.2) is 0 Å². The highest BCUT2D eigenvalue weighted by atomic mass is 16.5. The van der Waals surface area contributed by atoms with Crippen LogP contribution in [0.15, 0.2) is 0 Å². The van der Waals surface area contributed by atoms with Crippen LogP contribution in [-0.4, -0.2) is 55.7 Å². The molecule has 100 valence electrons. The second-order valence-corrected chi connectivity index (χ2v) is 5.09. The van der Waals surface area contributed by atoms with Gasteiger partial charge in [0.25, 0.3) is 0 Å². The van der Waals surface area contributed by atoms with Crippen molar-refractivity contribution in [3.8, 4) is 0 Å². The highest BCUT2D eigenvalue weighted by molar-refractivity contribution is 5.81. The molecular weight excluding hydrogens is 218 g/mol. The summed E-state index contributed by atoms with van der Waals surface area (Å²) in [5.41, 5.74) is 5.80. The van der Waals surface area contributed by atoms with E-state index in [2.05, 4.69) is 10.2 Å². The van der Waals surface area contributed by atoms with Crippen molar-refractivity contribution in [2.75, 3.05) is 32.8 Å². The van der Waals surface area contributed by atoms with Gasteiger partial charge in [0.15, 0.2) is 0 Å². The van der Waals surface area contributed by atoms with Crippen LogP contribution in [0, 0.1) is 5.92 Å². The molecule has 0 aromatic heterocycles. The number of nitrogens with one attached hydrogen (secondary N) is 1. The van der Waals surface area contributed by atoms with Gasteiger partial charge in [0.1, 0.15) is 0 Å². The van der Waals surface area contributed by atoms with E-state index in [1.165, 1.54) is 0 Å². The van der Waals surface area contributed by atoms with Crippen molar-refractivity contribution in [3.05, 3.63) is 0 Å². The van der Waals surface area contributed by atoms with Crippen LogP contribution >= 0.6 is 0 Å². The minimum absolute atomic E-state index is 0.0549. The molecule has 0 aromatic carbocycles. The molecule has 0 spiro atoms. The number of nitrogens with two attached hydrogens (primary N) is 1. The lowest BCUT2D eigenvalue weighted by atomic mass is 10.0. The fourth-order valence-electron chi connectivity index (χ4n) is 1.86. The van der Waals surface area contributed by atoms with Gasteiger partial charge in [-0.05, 0) is 12.8 Å². The molecule has 1 saturated heterocycles. The summed E-state index contributed by atoms with van der Waals surface area (Å²) in [5.74, 6) is 0.117. The molecule has 1 rings (SSSR count). The molecule has 0 saturated carbocycles. The number of nitrogens with zero attached hydrogens (tertiary/aromatic N) is 1. The first-order valence-corrected chi connectivity index (χ1v) is 6.36. The van der Waals surface area contributed by atoms with Crippen LogP contribution in [0.5, 0.6) is 0 Å². The SMILES string of the molecule is CC(CN1CCOCC1)NC(=O)C(N)C(C)C. The predicted molar refractivity (Wildman–Crippen MR) is 67.7 cm³/mol. The van der Waals surface area contributed by atoms with Crippen LogP contribution in [0.3, 0.4) is 0 Å². The second-order valence-electron chi connectivity index (χ2n) is 5.09. The zero-order valence-corrected chi connectivity index (χ0v) is 11.1. The fraction of sp³-hybridized carbons (Fsp3) is 0.917. The van der Waals surface area contributed by atoms with Crippen molar-refractivity contribution in [3.63, 3.8) is 0 Å². The first-order valence-electron chi connectivity index (χ1n) is 6.36. The molecule has 1 aliphatic heterocycles. The maximum absolute atomic E-state index is 11.8. The molecule has 5 heteroatoms. The minimum Gasteiger partial charge on any atom is -0.379 e. The summed E-state index contributed by atoms with van der Waals surface area (Å²) in [5, 5.41) is 2.96. The van der Waals surface area contributed by atoms with Crippen LogP contribution in [0.25, 0.3) is 0 Å². The zero-order chi connectivity index (χ0) is 12.8. The summed E-state index contributed by atoms with van der Waals surface area (Å²) in [6.45, 7) is 10.2. The summed E-state index contributed by atoms with van der Waals surface area (Å²) in [7, 11) is 0. The molecule has 0 radical (unpaired) electrons. The Hall–Kier alpha value is -0.650. The van der Waals surface area contributed by atoms with Gasteiger partial charge in [-0.2, -0.15) is 0 Å². The Labute approximate surface area is 104 Å². The molecule has 2 atom stereocenters. The Morgan fingerprint density at radius 1 is 1.35 bits per heavy atom. The molecular formula is C12H25N3O2. The van der Waals surface area contributed by atoms with Crippen molar-refractivity contribution in [1.29, 1.82) is 0 Å². The van der Waals surface area contributed by atoms with Crippen LogP contribution in [0.1, 0.15) is 20.8 Å². The van der Waals surface area contributed by atoms with E-state index in [1.54, 1.807) is 0 Å². The molecule has 1 aliphatic rings. The maximum atomic E-state index is 11.8. The first kappa shape index (κ1) is 14.4. The lowest BCUT2D eigenvalue weighted by Gasteiger charge is -2.30. The normalized spacial score (nSPS) is 21.2. The molecule has 2 unspecified atom stereocenters. The number of carbonyl (C=O) groups is 1. The number of morpholine rings is 1. The van der Waals surface area contributed by atoms with Crippen LogP contribution in [-0.2, 0) is 9.53 Å². The third-order valence-corrected chi connectivity index (χ3v) is 3.05. The topological polar surface area (TPSA) is 67.6 Å². The average Bonchev–Trinajstić information content (AvgIpc) is 2.28. The first-order chi connectivity index (χ1) is 8.00. The highest BCUT2D eigenvalue weighted by Crippen LogP contribution is 2.01. The van der Waals surface area contributed by atoms with Crippen molar-refractivity contribution < 1.29 is 9.53 Å². The van der Waals surface area contributed by atoms with Gasteiger partial charge in [-0.3, -0.25) is 9.69 Å². The van der Waals surface area contributed by atoms with Crippen molar-refractivity contribution in [1.82, 2.24) is 10.2 Å². The van der Waals surface area contributed by atoms with E-state index >= 15 is 0 Å². The summed E-state index contributed by atoms with van der Waals surface area (Å²) in [6.07, 6.45) is 0. The number of hydrogen-bond acceptors (Lipinski definition) is 4. The number of carbonyl (C=O) groups excluding carboxylic acids is 1. The van der Waals surface area contributed by atoms with Gasteiger partial charge in [0, 0.05) is 25.7 Å². The standard InChI is InChI=1S/C12H25N3O2/c1-9(2)11(13)12(16)14-10(3)8-15-4-6-17-7-5-15/h9-11H,4-8,13H2,1-3H3,(H,14,16). The lowest BCUT2D eigenvalue weighted by molar-refractivity contribution is -0.124. The van der Waals surface area contributed by atoms with E-state index in [-0.39, 0.29) is 17.9 Å². The molecule has 1 fully saturated rings. The third kappa shape index (κ3) is 5.02. The fourth-order valence-corrected chi connectivity index (χ4v) is 1.86. The number of ether oxygens (including phenoxy) is 1. The molecule has 17 heavy (non-hydrogen) atoms. The minimum atomic E-state index is -0.415. The Kier molecular flexibility index (Phi) is 5.88. The largest absolute Gasteiger partial charge is 0.379 e. The molecule has 0 aliphatic carbocycles. The predicted octanol–water partition coefficient (Wildman–Crippen LogP) is -0.193.